The summed E-state index contributed by atoms with van der Waals surface area (Å²) in [7, 11) is 0. The Morgan fingerprint density at radius 2 is 0.904 bits per heavy atom. The number of esters is 1. The van der Waals surface area contributed by atoms with Crippen LogP contribution in [0.5, 0.6) is 0 Å². The molecule has 1 unspecified atom stereocenters. The molecule has 7 nitrogen and oxygen atoms in total. The van der Waals surface area contributed by atoms with Crippen LogP contribution in [0.4, 0.5) is 0 Å². The summed E-state index contributed by atoms with van der Waals surface area (Å²) in [6, 6.07) is -0.961. The molecule has 0 spiro atoms. The molecule has 0 saturated carbocycles. The zero-order valence-electron chi connectivity index (χ0n) is 34.5. The number of carbonyl (C=O) groups excluding carboxylic acids is 2. The van der Waals surface area contributed by atoms with Crippen LogP contribution in [0.3, 0.4) is 0 Å². The first kappa shape index (κ1) is 50.7. The summed E-state index contributed by atoms with van der Waals surface area (Å²) in [6.07, 6.45) is 37.7. The molecular formula is C44H85NO6S. The Morgan fingerprint density at radius 3 is 1.31 bits per heavy atom. The van der Waals surface area contributed by atoms with Gasteiger partial charge in [-0.25, -0.2) is 4.79 Å². The third-order valence-corrected chi connectivity index (χ3v) is 11.1. The average molecular weight is 756 g/mol. The van der Waals surface area contributed by atoms with Gasteiger partial charge in [-0.05, 0) is 19.3 Å². The van der Waals surface area contributed by atoms with E-state index in [1.165, 1.54) is 153 Å². The van der Waals surface area contributed by atoms with Gasteiger partial charge in [0.15, 0.2) is 0 Å². The highest BCUT2D eigenvalue weighted by molar-refractivity contribution is 7.99. The highest BCUT2D eigenvalue weighted by Crippen LogP contribution is 2.16. The third kappa shape index (κ3) is 37.1. The lowest BCUT2D eigenvalue weighted by atomic mass is 10.0. The van der Waals surface area contributed by atoms with E-state index in [9.17, 15) is 19.5 Å². The normalized spacial score (nSPS) is 12.5. The molecule has 8 heteroatoms. The van der Waals surface area contributed by atoms with Crippen molar-refractivity contribution in [3.8, 4) is 0 Å². The van der Waals surface area contributed by atoms with Gasteiger partial charge in [-0.15, -0.1) is 0 Å². The SMILES string of the molecule is CCCCCCCCCCCCCCCCCC(=O)O[C@H](COCCCC)CSCC(NC(=O)CCCCCCCCCCCCCCC)C(=O)O. The van der Waals surface area contributed by atoms with Crippen LogP contribution < -0.4 is 5.32 Å². The Bertz CT molecular complexity index is 797. The van der Waals surface area contributed by atoms with E-state index < -0.39 is 18.1 Å². The van der Waals surface area contributed by atoms with E-state index in [0.29, 0.717) is 31.8 Å². The number of aliphatic carboxylic acids is 1. The summed E-state index contributed by atoms with van der Waals surface area (Å²) in [4.78, 5) is 37.1. The smallest absolute Gasteiger partial charge is 0.327 e. The maximum absolute atomic E-state index is 12.7. The van der Waals surface area contributed by atoms with Gasteiger partial charge in [-0.2, -0.15) is 11.8 Å². The van der Waals surface area contributed by atoms with Gasteiger partial charge < -0.3 is 19.9 Å². The Kier molecular flexibility index (Phi) is 39.9. The summed E-state index contributed by atoms with van der Waals surface area (Å²) in [5.74, 6) is -0.783. The number of carbonyl (C=O) groups is 3. The summed E-state index contributed by atoms with van der Waals surface area (Å²) in [5.41, 5.74) is 0. The standard InChI is InChI=1S/C44H85NO6S/c1-4-7-10-12-14-16-18-20-21-23-25-27-29-31-33-35-43(47)51-40(37-50-36-9-6-3)38-52-39-41(44(48)49)45-42(46)34-32-30-28-26-24-22-19-17-15-13-11-8-5-2/h40-41H,4-39H2,1-3H3,(H,45,46)(H,48,49)/t40-,41?/m1/s1. The highest BCUT2D eigenvalue weighted by Gasteiger charge is 2.22. The predicted molar refractivity (Wildman–Crippen MR) is 222 cm³/mol. The number of carboxylic acid groups (broad SMARTS) is 1. The van der Waals surface area contributed by atoms with E-state index in [2.05, 4.69) is 26.1 Å². The monoisotopic (exact) mass is 756 g/mol. The van der Waals surface area contributed by atoms with Crippen LogP contribution in [0, 0.1) is 0 Å². The maximum atomic E-state index is 12.7. The van der Waals surface area contributed by atoms with Crippen molar-refractivity contribution < 1.29 is 29.0 Å². The Hall–Kier alpha value is -1.28. The fraction of sp³-hybridized carbons (Fsp3) is 0.932. The maximum Gasteiger partial charge on any atom is 0.327 e. The molecule has 308 valence electrons. The second-order valence-electron chi connectivity index (χ2n) is 15.2. The quantitative estimate of drug-likeness (QED) is 0.0472. The second kappa shape index (κ2) is 40.9. The Morgan fingerprint density at radius 1 is 0.519 bits per heavy atom. The molecule has 0 aromatic rings. The molecule has 0 heterocycles. The van der Waals surface area contributed by atoms with Crippen LogP contribution >= 0.6 is 11.8 Å². The molecule has 0 aliphatic rings. The highest BCUT2D eigenvalue weighted by atomic mass is 32.2. The van der Waals surface area contributed by atoms with E-state index in [-0.39, 0.29) is 17.6 Å². The van der Waals surface area contributed by atoms with E-state index in [0.717, 1.165) is 51.4 Å². The molecule has 0 aromatic heterocycles. The van der Waals surface area contributed by atoms with Crippen LogP contribution in [0.1, 0.15) is 226 Å². The second-order valence-corrected chi connectivity index (χ2v) is 16.3. The molecule has 0 radical (unpaired) electrons. The van der Waals surface area contributed by atoms with Gasteiger partial charge in [0.2, 0.25) is 5.91 Å². The minimum atomic E-state index is -1.04. The van der Waals surface area contributed by atoms with Crippen LogP contribution in [0.25, 0.3) is 0 Å². The van der Waals surface area contributed by atoms with Gasteiger partial charge in [-0.3, -0.25) is 9.59 Å². The van der Waals surface area contributed by atoms with Gasteiger partial charge in [0, 0.05) is 31.0 Å². The fourth-order valence-corrected chi connectivity index (χ4v) is 7.55. The van der Waals surface area contributed by atoms with Gasteiger partial charge in [0.25, 0.3) is 0 Å². The number of ether oxygens (including phenoxy) is 2. The van der Waals surface area contributed by atoms with Crippen molar-refractivity contribution in [2.75, 3.05) is 24.7 Å². The zero-order chi connectivity index (χ0) is 38.2. The van der Waals surface area contributed by atoms with E-state index in [1.54, 1.807) is 0 Å². The molecule has 0 saturated heterocycles. The Labute approximate surface area is 326 Å². The zero-order valence-corrected chi connectivity index (χ0v) is 35.3. The molecule has 2 atom stereocenters. The number of rotatable bonds is 42. The number of unbranched alkanes of at least 4 members (excludes halogenated alkanes) is 27. The van der Waals surface area contributed by atoms with Gasteiger partial charge in [-0.1, -0.05) is 194 Å². The molecule has 52 heavy (non-hydrogen) atoms. The van der Waals surface area contributed by atoms with Crippen LogP contribution in [0.2, 0.25) is 0 Å². The first-order valence-corrected chi connectivity index (χ1v) is 23.5. The van der Waals surface area contributed by atoms with Crippen molar-refractivity contribution >= 4 is 29.6 Å². The number of hydrogen-bond acceptors (Lipinski definition) is 6. The molecule has 2 N–H and O–H groups in total. The molecule has 0 aliphatic carbocycles. The summed E-state index contributed by atoms with van der Waals surface area (Å²) in [6.45, 7) is 7.55. The van der Waals surface area contributed by atoms with Gasteiger partial charge >= 0.3 is 11.9 Å². The largest absolute Gasteiger partial charge is 0.480 e. The molecule has 0 aromatic carbocycles. The topological polar surface area (TPSA) is 102 Å². The van der Waals surface area contributed by atoms with E-state index in [1.807, 2.05) is 0 Å². The lowest BCUT2D eigenvalue weighted by Crippen LogP contribution is -2.42. The van der Waals surface area contributed by atoms with Gasteiger partial charge in [0.1, 0.15) is 12.1 Å². The fourth-order valence-electron chi connectivity index (χ4n) is 6.52. The molecule has 0 fully saturated rings. The van der Waals surface area contributed by atoms with E-state index >= 15 is 0 Å². The predicted octanol–water partition coefficient (Wildman–Crippen LogP) is 12.8. The molecule has 1 amide bonds. The molecule has 0 aliphatic heterocycles. The van der Waals surface area contributed by atoms with E-state index in [4.69, 9.17) is 9.47 Å². The summed E-state index contributed by atoms with van der Waals surface area (Å²) < 4.78 is 11.6. The van der Waals surface area contributed by atoms with Crippen LogP contribution in [-0.2, 0) is 23.9 Å². The van der Waals surface area contributed by atoms with Crippen LogP contribution in [-0.4, -0.2) is 59.8 Å². The van der Waals surface area contributed by atoms with Crippen molar-refractivity contribution in [1.82, 2.24) is 5.32 Å². The first-order chi connectivity index (χ1) is 25.4. The summed E-state index contributed by atoms with van der Waals surface area (Å²) in [5, 5.41) is 12.4. The number of carboxylic acids is 1. The van der Waals surface area contributed by atoms with Crippen molar-refractivity contribution in [2.45, 2.75) is 238 Å². The van der Waals surface area contributed by atoms with Gasteiger partial charge in [0.05, 0.1) is 6.61 Å². The lowest BCUT2D eigenvalue weighted by Gasteiger charge is -2.20. The van der Waals surface area contributed by atoms with Crippen molar-refractivity contribution in [3.63, 3.8) is 0 Å². The molecular weight excluding hydrogens is 671 g/mol. The number of nitrogens with one attached hydrogen (secondary N) is 1. The molecule has 0 rings (SSSR count). The third-order valence-electron chi connectivity index (χ3n) is 9.96. The lowest BCUT2D eigenvalue weighted by molar-refractivity contribution is -0.151. The average Bonchev–Trinajstić information content (AvgIpc) is 3.13. The number of thioether (sulfide) groups is 1. The minimum absolute atomic E-state index is 0.203. The molecule has 0 bridgehead atoms. The Balaban J connectivity index is 4.15. The summed E-state index contributed by atoms with van der Waals surface area (Å²) >= 11 is 1.39. The van der Waals surface area contributed by atoms with Crippen LogP contribution in [0.15, 0.2) is 0 Å². The number of hydrogen-bond donors (Lipinski definition) is 2. The van der Waals surface area contributed by atoms with Crippen molar-refractivity contribution in [3.05, 3.63) is 0 Å². The van der Waals surface area contributed by atoms with Crippen molar-refractivity contribution in [1.29, 1.82) is 0 Å². The first-order valence-electron chi connectivity index (χ1n) is 22.3. The van der Waals surface area contributed by atoms with Crippen molar-refractivity contribution in [2.24, 2.45) is 0 Å². The minimum Gasteiger partial charge on any atom is -0.480 e. The number of amides is 1.